The molecule has 1 aromatic rings. The highest BCUT2D eigenvalue weighted by Gasteiger charge is 2.26. The standard InChI is InChI=1S/C10H14N2O2/c1-7-3-4-12-6-8(7)10(2,11)5-9(13)14/h3-4,6H,5,11H2,1-2H3,(H,13,14)/t10-/m0/s1. The summed E-state index contributed by atoms with van der Waals surface area (Å²) in [4.78, 5) is 14.5. The van der Waals surface area contributed by atoms with E-state index in [1.54, 1.807) is 19.3 Å². The number of hydrogen-bond acceptors (Lipinski definition) is 3. The van der Waals surface area contributed by atoms with Crippen LogP contribution in [0.3, 0.4) is 0 Å². The Labute approximate surface area is 82.8 Å². The van der Waals surface area contributed by atoms with Gasteiger partial charge in [0.25, 0.3) is 0 Å². The largest absolute Gasteiger partial charge is 0.481 e. The molecule has 1 heterocycles. The van der Waals surface area contributed by atoms with E-state index in [1.807, 2.05) is 13.0 Å². The normalized spacial score (nSPS) is 14.8. The van der Waals surface area contributed by atoms with Crippen molar-refractivity contribution in [2.45, 2.75) is 25.8 Å². The van der Waals surface area contributed by atoms with Crippen LogP contribution < -0.4 is 5.73 Å². The quantitative estimate of drug-likeness (QED) is 0.753. The van der Waals surface area contributed by atoms with Crippen molar-refractivity contribution in [3.8, 4) is 0 Å². The monoisotopic (exact) mass is 194 g/mol. The van der Waals surface area contributed by atoms with E-state index in [4.69, 9.17) is 10.8 Å². The van der Waals surface area contributed by atoms with Gasteiger partial charge in [-0.25, -0.2) is 0 Å². The van der Waals surface area contributed by atoms with E-state index in [0.29, 0.717) is 0 Å². The number of carbonyl (C=O) groups is 1. The lowest BCUT2D eigenvalue weighted by Gasteiger charge is -2.24. The van der Waals surface area contributed by atoms with Crippen LogP contribution in [-0.2, 0) is 10.3 Å². The summed E-state index contributed by atoms with van der Waals surface area (Å²) >= 11 is 0. The van der Waals surface area contributed by atoms with Gasteiger partial charge in [-0.3, -0.25) is 9.78 Å². The predicted molar refractivity (Wildman–Crippen MR) is 52.8 cm³/mol. The SMILES string of the molecule is Cc1ccncc1[C@@](C)(N)CC(=O)O. The van der Waals surface area contributed by atoms with Gasteiger partial charge in [-0.05, 0) is 31.0 Å². The number of nitrogens with zero attached hydrogens (tertiary/aromatic N) is 1. The highest BCUT2D eigenvalue weighted by Crippen LogP contribution is 2.23. The first-order valence-corrected chi connectivity index (χ1v) is 4.35. The van der Waals surface area contributed by atoms with Crippen molar-refractivity contribution >= 4 is 5.97 Å². The van der Waals surface area contributed by atoms with E-state index in [-0.39, 0.29) is 6.42 Å². The fourth-order valence-corrected chi connectivity index (χ4v) is 1.47. The van der Waals surface area contributed by atoms with Gasteiger partial charge in [-0.2, -0.15) is 0 Å². The van der Waals surface area contributed by atoms with Crippen LogP contribution in [0.2, 0.25) is 0 Å². The highest BCUT2D eigenvalue weighted by atomic mass is 16.4. The summed E-state index contributed by atoms with van der Waals surface area (Å²) in [5.74, 6) is -0.904. The number of rotatable bonds is 3. The minimum Gasteiger partial charge on any atom is -0.481 e. The number of carboxylic acid groups (broad SMARTS) is 1. The van der Waals surface area contributed by atoms with Crippen molar-refractivity contribution in [3.63, 3.8) is 0 Å². The van der Waals surface area contributed by atoms with E-state index >= 15 is 0 Å². The highest BCUT2D eigenvalue weighted by molar-refractivity contribution is 5.68. The molecule has 1 rings (SSSR count). The first kappa shape index (κ1) is 10.7. The number of nitrogens with two attached hydrogens (primary N) is 1. The third-order valence-corrected chi connectivity index (χ3v) is 2.17. The molecule has 0 aliphatic rings. The maximum absolute atomic E-state index is 10.6. The molecule has 0 unspecified atom stereocenters. The zero-order valence-electron chi connectivity index (χ0n) is 8.32. The first-order valence-electron chi connectivity index (χ1n) is 4.35. The second kappa shape index (κ2) is 3.75. The second-order valence-corrected chi connectivity index (χ2v) is 3.68. The van der Waals surface area contributed by atoms with Crippen molar-refractivity contribution in [2.24, 2.45) is 5.73 Å². The van der Waals surface area contributed by atoms with Crippen molar-refractivity contribution in [2.75, 3.05) is 0 Å². The maximum atomic E-state index is 10.6. The lowest BCUT2D eigenvalue weighted by molar-refractivity contribution is -0.138. The Hall–Kier alpha value is -1.42. The van der Waals surface area contributed by atoms with Gasteiger partial charge in [0.05, 0.1) is 12.0 Å². The van der Waals surface area contributed by atoms with Gasteiger partial charge in [-0.15, -0.1) is 0 Å². The molecule has 0 bridgehead atoms. The fourth-order valence-electron chi connectivity index (χ4n) is 1.47. The molecule has 0 amide bonds. The average molecular weight is 194 g/mol. The van der Waals surface area contributed by atoms with Gasteiger partial charge in [0.1, 0.15) is 0 Å². The Morgan fingerprint density at radius 1 is 1.71 bits per heavy atom. The minimum absolute atomic E-state index is 0.0977. The summed E-state index contributed by atoms with van der Waals surface area (Å²) in [6.07, 6.45) is 3.19. The summed E-state index contributed by atoms with van der Waals surface area (Å²) in [5.41, 5.74) is 6.81. The van der Waals surface area contributed by atoms with Crippen LogP contribution in [-0.4, -0.2) is 16.1 Å². The van der Waals surface area contributed by atoms with Gasteiger partial charge >= 0.3 is 5.97 Å². The van der Waals surface area contributed by atoms with Crippen LogP contribution in [0.25, 0.3) is 0 Å². The molecule has 1 aromatic heterocycles. The fraction of sp³-hybridized carbons (Fsp3) is 0.400. The summed E-state index contributed by atoms with van der Waals surface area (Å²) in [6.45, 7) is 3.59. The first-order chi connectivity index (χ1) is 6.43. The van der Waals surface area contributed by atoms with Gasteiger partial charge in [0, 0.05) is 12.4 Å². The lowest BCUT2D eigenvalue weighted by atomic mass is 9.88. The number of carboxylic acids is 1. The van der Waals surface area contributed by atoms with Gasteiger partial charge in [-0.1, -0.05) is 0 Å². The van der Waals surface area contributed by atoms with Crippen molar-refractivity contribution in [1.29, 1.82) is 0 Å². The lowest BCUT2D eigenvalue weighted by Crippen LogP contribution is -2.36. The predicted octanol–water partition coefficient (Wildman–Crippen LogP) is 1.04. The van der Waals surface area contributed by atoms with Crippen molar-refractivity contribution in [3.05, 3.63) is 29.6 Å². The molecule has 14 heavy (non-hydrogen) atoms. The van der Waals surface area contributed by atoms with E-state index in [2.05, 4.69) is 4.98 Å². The van der Waals surface area contributed by atoms with Crippen LogP contribution in [0, 0.1) is 6.92 Å². The molecule has 0 aliphatic carbocycles. The molecule has 4 nitrogen and oxygen atoms in total. The zero-order chi connectivity index (χ0) is 10.8. The smallest absolute Gasteiger partial charge is 0.305 e. The molecule has 0 saturated heterocycles. The molecule has 0 saturated carbocycles. The van der Waals surface area contributed by atoms with E-state index in [1.165, 1.54) is 0 Å². The number of aromatic nitrogens is 1. The molecule has 0 aromatic carbocycles. The van der Waals surface area contributed by atoms with Crippen molar-refractivity contribution in [1.82, 2.24) is 4.98 Å². The van der Waals surface area contributed by atoms with Gasteiger partial charge in [0.2, 0.25) is 0 Å². The molecule has 1 atom stereocenters. The molecular formula is C10H14N2O2. The van der Waals surface area contributed by atoms with Crippen LogP contribution in [0.5, 0.6) is 0 Å². The number of pyridine rings is 1. The average Bonchev–Trinajstić information content (AvgIpc) is 2.02. The van der Waals surface area contributed by atoms with Crippen LogP contribution >= 0.6 is 0 Å². The zero-order valence-corrected chi connectivity index (χ0v) is 8.32. The van der Waals surface area contributed by atoms with E-state index in [9.17, 15) is 4.79 Å². The Bertz CT molecular complexity index is 348. The molecule has 0 spiro atoms. The number of aliphatic carboxylic acids is 1. The van der Waals surface area contributed by atoms with E-state index < -0.39 is 11.5 Å². The molecule has 3 N–H and O–H groups in total. The molecule has 0 radical (unpaired) electrons. The number of aryl methyl sites for hydroxylation is 1. The minimum atomic E-state index is -0.904. The topological polar surface area (TPSA) is 76.2 Å². The van der Waals surface area contributed by atoms with Crippen molar-refractivity contribution < 1.29 is 9.90 Å². The number of hydrogen-bond donors (Lipinski definition) is 2. The molecule has 76 valence electrons. The maximum Gasteiger partial charge on any atom is 0.305 e. The summed E-state index contributed by atoms with van der Waals surface area (Å²) in [5, 5.41) is 8.70. The Morgan fingerprint density at radius 3 is 2.86 bits per heavy atom. The van der Waals surface area contributed by atoms with Crippen LogP contribution in [0.15, 0.2) is 18.5 Å². The molecule has 0 fully saturated rings. The van der Waals surface area contributed by atoms with E-state index in [0.717, 1.165) is 11.1 Å². The molecule has 4 heteroatoms. The van der Waals surface area contributed by atoms with Crippen LogP contribution in [0.1, 0.15) is 24.5 Å². The van der Waals surface area contributed by atoms with Gasteiger partial charge < -0.3 is 10.8 Å². The molecular weight excluding hydrogens is 180 g/mol. The van der Waals surface area contributed by atoms with Gasteiger partial charge in [0.15, 0.2) is 0 Å². The summed E-state index contributed by atoms with van der Waals surface area (Å²) < 4.78 is 0. The Morgan fingerprint density at radius 2 is 2.36 bits per heavy atom. The van der Waals surface area contributed by atoms with Crippen LogP contribution in [0.4, 0.5) is 0 Å². The third-order valence-electron chi connectivity index (χ3n) is 2.17. The summed E-state index contributed by atoms with van der Waals surface area (Å²) in [7, 11) is 0. The second-order valence-electron chi connectivity index (χ2n) is 3.68. The third kappa shape index (κ3) is 2.29. The molecule has 0 aliphatic heterocycles. The Kier molecular flexibility index (Phi) is 2.86. The summed E-state index contributed by atoms with van der Waals surface area (Å²) in [6, 6.07) is 1.82. The Balaban J connectivity index is 3.03.